The summed E-state index contributed by atoms with van der Waals surface area (Å²) in [6, 6.07) is 25.7. The molecular weight excluding hydrogens is 348 g/mol. The van der Waals surface area contributed by atoms with Crippen molar-refractivity contribution in [2.24, 2.45) is 0 Å². The van der Waals surface area contributed by atoms with E-state index in [9.17, 15) is 9.90 Å². The molecule has 4 nitrogen and oxygen atoms in total. The zero-order valence-electron chi connectivity index (χ0n) is 15.4. The summed E-state index contributed by atoms with van der Waals surface area (Å²) < 4.78 is 0. The van der Waals surface area contributed by atoms with E-state index in [1.165, 1.54) is 5.56 Å². The Balaban J connectivity index is 1.43. The molecule has 3 aromatic carbocycles. The van der Waals surface area contributed by atoms with Crippen molar-refractivity contribution in [3.63, 3.8) is 0 Å². The van der Waals surface area contributed by atoms with Gasteiger partial charge in [-0.3, -0.25) is 4.79 Å². The van der Waals surface area contributed by atoms with E-state index in [1.54, 1.807) is 0 Å². The number of fused-ring (bicyclic) bond motifs is 1. The van der Waals surface area contributed by atoms with Crippen LogP contribution in [0.3, 0.4) is 0 Å². The van der Waals surface area contributed by atoms with Gasteiger partial charge in [0.2, 0.25) is 0 Å². The predicted octanol–water partition coefficient (Wildman–Crippen LogP) is 4.62. The van der Waals surface area contributed by atoms with E-state index in [1.807, 2.05) is 60.8 Å². The summed E-state index contributed by atoms with van der Waals surface area (Å²) in [6.45, 7) is 0.508. The van der Waals surface area contributed by atoms with Crippen LogP contribution in [0.25, 0.3) is 22.0 Å². The number of aliphatic carboxylic acids is 1. The fourth-order valence-corrected chi connectivity index (χ4v) is 3.45. The number of hydrogen-bond acceptors (Lipinski definition) is 2. The highest BCUT2D eigenvalue weighted by Gasteiger charge is 2.19. The molecule has 3 N–H and O–H groups in total. The van der Waals surface area contributed by atoms with E-state index in [-0.39, 0.29) is 0 Å². The van der Waals surface area contributed by atoms with Gasteiger partial charge in [0.25, 0.3) is 0 Å². The molecular formula is C24H22N2O2. The second-order valence-electron chi connectivity index (χ2n) is 6.90. The van der Waals surface area contributed by atoms with E-state index >= 15 is 0 Å². The molecule has 28 heavy (non-hydrogen) atoms. The minimum Gasteiger partial charge on any atom is -0.480 e. The van der Waals surface area contributed by atoms with Crippen molar-refractivity contribution in [1.82, 2.24) is 10.3 Å². The minimum absolute atomic E-state index is 0.432. The van der Waals surface area contributed by atoms with Crippen LogP contribution in [0.15, 0.2) is 85.1 Å². The fourth-order valence-electron chi connectivity index (χ4n) is 3.45. The number of carbonyl (C=O) groups is 1. The molecule has 0 radical (unpaired) electrons. The van der Waals surface area contributed by atoms with E-state index < -0.39 is 12.0 Å². The second kappa shape index (κ2) is 8.11. The summed E-state index contributed by atoms with van der Waals surface area (Å²) in [6.07, 6.45) is 2.33. The lowest BCUT2D eigenvalue weighted by atomic mass is 10.0. The highest BCUT2D eigenvalue weighted by atomic mass is 16.4. The largest absolute Gasteiger partial charge is 0.480 e. The fraction of sp³-hybridized carbons (Fsp3) is 0.125. The van der Waals surface area contributed by atoms with Crippen molar-refractivity contribution in [3.8, 4) is 11.1 Å². The molecule has 0 bridgehead atoms. The Morgan fingerprint density at radius 3 is 2.32 bits per heavy atom. The topological polar surface area (TPSA) is 65.1 Å². The van der Waals surface area contributed by atoms with Crippen LogP contribution in [0.4, 0.5) is 0 Å². The molecule has 4 rings (SSSR count). The molecule has 1 atom stereocenters. The maximum Gasteiger partial charge on any atom is 0.321 e. The molecule has 1 unspecified atom stereocenters. The molecule has 0 amide bonds. The Morgan fingerprint density at radius 1 is 0.893 bits per heavy atom. The highest BCUT2D eigenvalue weighted by Crippen LogP contribution is 2.21. The molecule has 4 heteroatoms. The van der Waals surface area contributed by atoms with Gasteiger partial charge in [-0.2, -0.15) is 0 Å². The van der Waals surface area contributed by atoms with Gasteiger partial charge in [-0.1, -0.05) is 72.8 Å². The molecule has 140 valence electrons. The molecule has 0 fully saturated rings. The number of para-hydroxylation sites is 1. The molecule has 1 heterocycles. The van der Waals surface area contributed by atoms with Crippen LogP contribution in [0.2, 0.25) is 0 Å². The van der Waals surface area contributed by atoms with E-state index in [0.29, 0.717) is 13.0 Å². The highest BCUT2D eigenvalue weighted by molar-refractivity contribution is 5.84. The number of H-pyrrole nitrogens is 1. The third-order valence-electron chi connectivity index (χ3n) is 5.01. The van der Waals surface area contributed by atoms with Gasteiger partial charge in [0.05, 0.1) is 0 Å². The number of benzene rings is 3. The van der Waals surface area contributed by atoms with Crippen molar-refractivity contribution in [3.05, 3.63) is 96.2 Å². The maximum atomic E-state index is 11.7. The summed E-state index contributed by atoms with van der Waals surface area (Å²) in [5.41, 5.74) is 5.42. The van der Waals surface area contributed by atoms with Gasteiger partial charge in [0.1, 0.15) is 6.04 Å². The smallest absolute Gasteiger partial charge is 0.321 e. The SMILES string of the molecule is O=C(O)C(Cc1c[nH]c2ccccc12)NCc1ccc(-c2ccccc2)cc1. The summed E-state index contributed by atoms with van der Waals surface area (Å²) in [5, 5.41) is 13.9. The third-order valence-corrected chi connectivity index (χ3v) is 5.01. The Kier molecular flexibility index (Phi) is 5.22. The van der Waals surface area contributed by atoms with Gasteiger partial charge in [0.15, 0.2) is 0 Å². The lowest BCUT2D eigenvalue weighted by molar-refractivity contribution is -0.139. The molecule has 0 saturated carbocycles. The number of carboxylic acids is 1. The minimum atomic E-state index is -0.841. The van der Waals surface area contributed by atoms with Crippen LogP contribution < -0.4 is 5.32 Å². The Morgan fingerprint density at radius 2 is 1.57 bits per heavy atom. The van der Waals surface area contributed by atoms with Crippen LogP contribution in [0.1, 0.15) is 11.1 Å². The lowest BCUT2D eigenvalue weighted by Crippen LogP contribution is -2.38. The average molecular weight is 370 g/mol. The number of rotatable bonds is 7. The quantitative estimate of drug-likeness (QED) is 0.445. The molecule has 0 spiro atoms. The van der Waals surface area contributed by atoms with Crippen molar-refractivity contribution >= 4 is 16.9 Å². The lowest BCUT2D eigenvalue weighted by Gasteiger charge is -2.14. The molecule has 1 aromatic heterocycles. The first-order chi connectivity index (χ1) is 13.7. The van der Waals surface area contributed by atoms with Crippen LogP contribution in [-0.4, -0.2) is 22.1 Å². The molecule has 4 aromatic rings. The van der Waals surface area contributed by atoms with E-state index in [2.05, 4.69) is 34.6 Å². The number of carboxylic acid groups (broad SMARTS) is 1. The van der Waals surface area contributed by atoms with E-state index in [4.69, 9.17) is 0 Å². The van der Waals surface area contributed by atoms with Crippen LogP contribution in [0, 0.1) is 0 Å². The molecule has 0 aliphatic rings. The van der Waals surface area contributed by atoms with Crippen molar-refractivity contribution in [2.75, 3.05) is 0 Å². The van der Waals surface area contributed by atoms with E-state index in [0.717, 1.165) is 27.6 Å². The Labute approximate surface area is 163 Å². The van der Waals surface area contributed by atoms with Gasteiger partial charge in [-0.15, -0.1) is 0 Å². The maximum absolute atomic E-state index is 11.7. The number of aromatic amines is 1. The predicted molar refractivity (Wildman–Crippen MR) is 112 cm³/mol. The van der Waals surface area contributed by atoms with Crippen molar-refractivity contribution < 1.29 is 9.90 Å². The van der Waals surface area contributed by atoms with Crippen LogP contribution >= 0.6 is 0 Å². The number of hydrogen-bond donors (Lipinski definition) is 3. The van der Waals surface area contributed by atoms with Gasteiger partial charge in [-0.25, -0.2) is 0 Å². The first kappa shape index (κ1) is 18.0. The average Bonchev–Trinajstić information content (AvgIpc) is 3.15. The summed E-state index contributed by atoms with van der Waals surface area (Å²) in [4.78, 5) is 15.0. The van der Waals surface area contributed by atoms with Gasteiger partial charge >= 0.3 is 5.97 Å². The standard InChI is InChI=1S/C24H22N2O2/c27-24(28)23(14-20-16-26-22-9-5-4-8-21(20)22)25-15-17-10-12-19(13-11-17)18-6-2-1-3-7-18/h1-13,16,23,25-26H,14-15H2,(H,27,28). The van der Waals surface area contributed by atoms with Gasteiger partial charge in [0, 0.05) is 30.1 Å². The molecule has 0 saturated heterocycles. The number of aromatic nitrogens is 1. The van der Waals surface area contributed by atoms with Crippen LogP contribution in [0.5, 0.6) is 0 Å². The normalized spacial score (nSPS) is 12.1. The molecule has 0 aliphatic heterocycles. The van der Waals surface area contributed by atoms with Crippen LogP contribution in [-0.2, 0) is 17.8 Å². The summed E-state index contributed by atoms with van der Waals surface area (Å²) >= 11 is 0. The monoisotopic (exact) mass is 370 g/mol. The zero-order valence-corrected chi connectivity index (χ0v) is 15.4. The summed E-state index contributed by atoms with van der Waals surface area (Å²) in [7, 11) is 0. The first-order valence-electron chi connectivity index (χ1n) is 9.36. The number of nitrogens with one attached hydrogen (secondary N) is 2. The Hall–Kier alpha value is -3.37. The second-order valence-corrected chi connectivity index (χ2v) is 6.90. The van der Waals surface area contributed by atoms with Gasteiger partial charge in [-0.05, 0) is 28.3 Å². The van der Waals surface area contributed by atoms with Crippen molar-refractivity contribution in [1.29, 1.82) is 0 Å². The Bertz CT molecular complexity index is 1070. The van der Waals surface area contributed by atoms with Crippen molar-refractivity contribution in [2.45, 2.75) is 19.0 Å². The third kappa shape index (κ3) is 3.97. The zero-order chi connectivity index (χ0) is 19.3. The summed E-state index contributed by atoms with van der Waals surface area (Å²) in [5.74, 6) is -0.841. The van der Waals surface area contributed by atoms with Gasteiger partial charge < -0.3 is 15.4 Å². The molecule has 0 aliphatic carbocycles. The first-order valence-corrected chi connectivity index (χ1v) is 9.36.